The molecule has 3 unspecified atom stereocenters. The van der Waals surface area contributed by atoms with Gasteiger partial charge in [-0.1, -0.05) is 18.6 Å². The summed E-state index contributed by atoms with van der Waals surface area (Å²) in [5.74, 6) is -0.141. The van der Waals surface area contributed by atoms with Crippen LogP contribution >= 0.6 is 0 Å². The average molecular weight is 290 g/mol. The summed E-state index contributed by atoms with van der Waals surface area (Å²) in [6, 6.07) is 8.92. The Morgan fingerprint density at radius 2 is 2.00 bits per heavy atom. The maximum atomic E-state index is 13.0. The van der Waals surface area contributed by atoms with Gasteiger partial charge in [0, 0.05) is 18.1 Å². The fourth-order valence-electron chi connectivity index (χ4n) is 4.08. The van der Waals surface area contributed by atoms with Crippen LogP contribution in [0, 0.1) is 5.82 Å². The largest absolute Gasteiger partial charge is 0.312 e. The van der Waals surface area contributed by atoms with Crippen LogP contribution in [0.5, 0.6) is 0 Å². The molecule has 3 heteroatoms. The highest BCUT2D eigenvalue weighted by atomic mass is 19.1. The van der Waals surface area contributed by atoms with Gasteiger partial charge in [0.25, 0.3) is 0 Å². The minimum absolute atomic E-state index is 0.141. The Hall–Kier alpha value is -0.930. The van der Waals surface area contributed by atoms with Crippen LogP contribution in [0.3, 0.4) is 0 Å². The van der Waals surface area contributed by atoms with Gasteiger partial charge in [-0.15, -0.1) is 0 Å². The summed E-state index contributed by atoms with van der Waals surface area (Å²) in [6.45, 7) is 4.73. The van der Waals surface area contributed by atoms with E-state index < -0.39 is 0 Å². The Labute approximate surface area is 127 Å². The molecule has 2 nitrogen and oxygen atoms in total. The molecule has 0 radical (unpaired) electrons. The van der Waals surface area contributed by atoms with Crippen LogP contribution in [0.4, 0.5) is 4.39 Å². The molecule has 1 aromatic carbocycles. The summed E-state index contributed by atoms with van der Waals surface area (Å²) in [4.78, 5) is 2.70. The lowest BCUT2D eigenvalue weighted by Crippen LogP contribution is -2.53. The topological polar surface area (TPSA) is 15.3 Å². The van der Waals surface area contributed by atoms with Crippen molar-refractivity contribution in [1.82, 2.24) is 10.2 Å². The Morgan fingerprint density at radius 3 is 2.71 bits per heavy atom. The molecule has 2 heterocycles. The molecule has 3 rings (SSSR count). The molecule has 116 valence electrons. The number of hydrogen-bond donors (Lipinski definition) is 1. The number of likely N-dealkylation sites (tertiary alicyclic amines) is 1. The highest BCUT2D eigenvalue weighted by Gasteiger charge is 2.33. The Bertz CT molecular complexity index is 439. The van der Waals surface area contributed by atoms with E-state index in [0.29, 0.717) is 18.1 Å². The van der Waals surface area contributed by atoms with Crippen LogP contribution in [-0.4, -0.2) is 36.1 Å². The first-order valence-electron chi connectivity index (χ1n) is 8.47. The van der Waals surface area contributed by atoms with Gasteiger partial charge in [-0.3, -0.25) is 4.90 Å². The SMILES string of the molecule is CC(Cc1ccc(F)cc1)N1CCCCC1C1CCCN1. The maximum Gasteiger partial charge on any atom is 0.123 e. The third kappa shape index (κ3) is 3.64. The predicted molar refractivity (Wildman–Crippen MR) is 84.9 cm³/mol. The highest BCUT2D eigenvalue weighted by molar-refractivity contribution is 5.17. The van der Waals surface area contributed by atoms with Crippen LogP contribution in [0.25, 0.3) is 0 Å². The van der Waals surface area contributed by atoms with Gasteiger partial charge < -0.3 is 5.32 Å². The van der Waals surface area contributed by atoms with Gasteiger partial charge in [-0.05, 0) is 69.8 Å². The molecule has 0 saturated carbocycles. The summed E-state index contributed by atoms with van der Waals surface area (Å²) >= 11 is 0. The number of nitrogens with zero attached hydrogens (tertiary/aromatic N) is 1. The first kappa shape index (κ1) is 15.0. The second-order valence-electron chi connectivity index (χ2n) is 6.68. The fourth-order valence-corrected chi connectivity index (χ4v) is 4.08. The van der Waals surface area contributed by atoms with Crippen molar-refractivity contribution >= 4 is 0 Å². The monoisotopic (exact) mass is 290 g/mol. The lowest BCUT2D eigenvalue weighted by Gasteiger charge is -2.43. The fraction of sp³-hybridized carbons (Fsp3) is 0.667. The van der Waals surface area contributed by atoms with Crippen LogP contribution in [0.1, 0.15) is 44.6 Å². The van der Waals surface area contributed by atoms with E-state index in [1.54, 1.807) is 12.1 Å². The molecule has 3 atom stereocenters. The molecule has 1 N–H and O–H groups in total. The maximum absolute atomic E-state index is 13.0. The predicted octanol–water partition coefficient (Wildman–Crippen LogP) is 3.36. The molecule has 21 heavy (non-hydrogen) atoms. The van der Waals surface area contributed by atoms with Gasteiger partial charge in [-0.2, -0.15) is 0 Å². The summed E-state index contributed by atoms with van der Waals surface area (Å²) < 4.78 is 13.0. The third-order valence-corrected chi connectivity index (χ3v) is 5.17. The molecule has 2 saturated heterocycles. The summed E-state index contributed by atoms with van der Waals surface area (Å²) in [5.41, 5.74) is 1.24. The van der Waals surface area contributed by atoms with Crippen molar-refractivity contribution in [1.29, 1.82) is 0 Å². The van der Waals surface area contributed by atoms with E-state index in [0.717, 1.165) is 6.42 Å². The quantitative estimate of drug-likeness (QED) is 0.914. The summed E-state index contributed by atoms with van der Waals surface area (Å²) in [6.07, 6.45) is 7.67. The summed E-state index contributed by atoms with van der Waals surface area (Å²) in [7, 11) is 0. The van der Waals surface area contributed by atoms with Crippen molar-refractivity contribution in [3.63, 3.8) is 0 Å². The zero-order valence-corrected chi connectivity index (χ0v) is 13.0. The molecule has 0 bridgehead atoms. The molecule has 0 aromatic heterocycles. The molecule has 0 spiro atoms. The molecule has 2 fully saturated rings. The zero-order valence-electron chi connectivity index (χ0n) is 13.0. The number of nitrogens with one attached hydrogen (secondary N) is 1. The lowest BCUT2D eigenvalue weighted by atomic mass is 9.91. The van der Waals surface area contributed by atoms with Gasteiger partial charge in [0.1, 0.15) is 5.82 Å². The van der Waals surface area contributed by atoms with E-state index >= 15 is 0 Å². The first-order chi connectivity index (χ1) is 10.2. The van der Waals surface area contributed by atoms with Crippen molar-refractivity contribution in [3.8, 4) is 0 Å². The van der Waals surface area contributed by atoms with Crippen LogP contribution in [0.15, 0.2) is 24.3 Å². The number of halogens is 1. The average Bonchev–Trinajstić information content (AvgIpc) is 3.04. The van der Waals surface area contributed by atoms with E-state index in [-0.39, 0.29) is 5.82 Å². The van der Waals surface area contributed by atoms with Crippen LogP contribution < -0.4 is 5.32 Å². The lowest BCUT2D eigenvalue weighted by molar-refractivity contribution is 0.0804. The molecule has 0 amide bonds. The normalized spacial score (nSPS) is 28.7. The Kier molecular flexibility index (Phi) is 4.91. The number of benzene rings is 1. The van der Waals surface area contributed by atoms with Crippen LogP contribution in [-0.2, 0) is 6.42 Å². The first-order valence-corrected chi connectivity index (χ1v) is 8.47. The number of piperidine rings is 1. The van der Waals surface area contributed by atoms with E-state index in [9.17, 15) is 4.39 Å². The second kappa shape index (κ2) is 6.89. The van der Waals surface area contributed by atoms with Gasteiger partial charge >= 0.3 is 0 Å². The smallest absolute Gasteiger partial charge is 0.123 e. The van der Waals surface area contributed by atoms with Crippen molar-refractivity contribution < 1.29 is 4.39 Å². The molecular formula is C18H27FN2. The zero-order chi connectivity index (χ0) is 14.7. The molecular weight excluding hydrogens is 263 g/mol. The number of rotatable bonds is 4. The third-order valence-electron chi connectivity index (χ3n) is 5.17. The number of hydrogen-bond acceptors (Lipinski definition) is 2. The van der Waals surface area contributed by atoms with E-state index in [2.05, 4.69) is 17.1 Å². The molecule has 0 aliphatic carbocycles. The summed E-state index contributed by atoms with van der Waals surface area (Å²) in [5, 5.41) is 3.69. The van der Waals surface area contributed by atoms with Crippen molar-refractivity contribution in [3.05, 3.63) is 35.6 Å². The van der Waals surface area contributed by atoms with Crippen LogP contribution in [0.2, 0.25) is 0 Å². The Balaban J connectivity index is 1.65. The van der Waals surface area contributed by atoms with Gasteiger partial charge in [0.15, 0.2) is 0 Å². The minimum Gasteiger partial charge on any atom is -0.312 e. The van der Waals surface area contributed by atoms with E-state index in [4.69, 9.17) is 0 Å². The van der Waals surface area contributed by atoms with E-state index in [1.165, 1.54) is 50.8 Å². The Morgan fingerprint density at radius 1 is 1.19 bits per heavy atom. The van der Waals surface area contributed by atoms with Gasteiger partial charge in [-0.25, -0.2) is 4.39 Å². The molecule has 2 aliphatic heterocycles. The highest BCUT2D eigenvalue weighted by Crippen LogP contribution is 2.27. The molecule has 2 aliphatic rings. The standard InChI is InChI=1S/C18H27FN2/c1-14(13-15-7-9-16(19)10-8-15)21-12-3-2-6-18(21)17-5-4-11-20-17/h7-10,14,17-18,20H,2-6,11-13H2,1H3. The van der Waals surface area contributed by atoms with Gasteiger partial charge in [0.05, 0.1) is 0 Å². The van der Waals surface area contributed by atoms with Crippen molar-refractivity contribution in [2.75, 3.05) is 13.1 Å². The van der Waals surface area contributed by atoms with Crippen molar-refractivity contribution in [2.45, 2.75) is 63.6 Å². The molecule has 1 aromatic rings. The van der Waals surface area contributed by atoms with E-state index in [1.807, 2.05) is 12.1 Å². The van der Waals surface area contributed by atoms with Crippen molar-refractivity contribution in [2.24, 2.45) is 0 Å². The van der Waals surface area contributed by atoms with Gasteiger partial charge in [0.2, 0.25) is 0 Å². The second-order valence-corrected chi connectivity index (χ2v) is 6.68. The minimum atomic E-state index is -0.141.